The number of hydrogen-bond acceptors (Lipinski definition) is 7. The molecule has 2 aromatic rings. The second kappa shape index (κ2) is 9.70. The Bertz CT molecular complexity index is 804. The maximum atomic E-state index is 12.9. The minimum atomic E-state index is -0.310. The van der Waals surface area contributed by atoms with Crippen molar-refractivity contribution in [3.63, 3.8) is 0 Å². The first kappa shape index (κ1) is 20.3. The van der Waals surface area contributed by atoms with Crippen molar-refractivity contribution in [2.75, 3.05) is 19.7 Å². The molecule has 1 aromatic heterocycles. The quantitative estimate of drug-likeness (QED) is 0.711. The van der Waals surface area contributed by atoms with Gasteiger partial charge in [0, 0.05) is 6.54 Å². The molecule has 1 saturated heterocycles. The zero-order valence-electron chi connectivity index (χ0n) is 15.7. The van der Waals surface area contributed by atoms with Crippen LogP contribution in [0.2, 0.25) is 0 Å². The molecule has 0 saturated carbocycles. The molecule has 150 valence electrons. The van der Waals surface area contributed by atoms with Crippen LogP contribution in [0, 0.1) is 11.7 Å². The fraction of sp³-hybridized carbons (Fsp3) is 0.474. The first-order valence-electron chi connectivity index (χ1n) is 9.29. The summed E-state index contributed by atoms with van der Waals surface area (Å²) in [6.45, 7) is 4.71. The lowest BCUT2D eigenvalue weighted by Crippen LogP contribution is -2.36. The summed E-state index contributed by atoms with van der Waals surface area (Å²) < 4.78 is 18.0. The van der Waals surface area contributed by atoms with Gasteiger partial charge in [-0.2, -0.15) is 0 Å². The van der Waals surface area contributed by atoms with E-state index in [-0.39, 0.29) is 23.6 Å². The highest BCUT2D eigenvalue weighted by atomic mass is 32.1. The van der Waals surface area contributed by atoms with E-state index in [1.54, 1.807) is 12.1 Å². The molecule has 3 rings (SSSR count). The molecule has 28 heavy (non-hydrogen) atoms. The second-order valence-electron chi connectivity index (χ2n) is 6.61. The predicted octanol–water partition coefficient (Wildman–Crippen LogP) is 2.38. The highest BCUT2D eigenvalue weighted by molar-refractivity contribution is 7.13. The Labute approximate surface area is 166 Å². The zero-order chi connectivity index (χ0) is 19.9. The summed E-state index contributed by atoms with van der Waals surface area (Å²) in [6, 6.07) is 5.97. The number of amides is 1. The van der Waals surface area contributed by atoms with E-state index >= 15 is 0 Å². The van der Waals surface area contributed by atoms with Crippen LogP contribution in [0.4, 0.5) is 4.39 Å². The normalized spacial score (nSPS) is 15.4. The van der Waals surface area contributed by atoms with Crippen LogP contribution in [0.3, 0.4) is 0 Å². The fourth-order valence-corrected chi connectivity index (χ4v) is 3.85. The van der Waals surface area contributed by atoms with E-state index in [1.165, 1.54) is 23.5 Å². The van der Waals surface area contributed by atoms with Crippen molar-refractivity contribution >= 4 is 23.2 Å². The van der Waals surface area contributed by atoms with Crippen molar-refractivity contribution in [2.24, 2.45) is 5.92 Å². The average Bonchev–Trinajstić information content (AvgIpc) is 3.16. The molecule has 1 aliphatic heterocycles. The van der Waals surface area contributed by atoms with Gasteiger partial charge in [-0.25, -0.2) is 4.39 Å². The Morgan fingerprint density at radius 2 is 1.96 bits per heavy atom. The molecule has 0 radical (unpaired) electrons. The number of rotatable bonds is 7. The minimum absolute atomic E-state index is 0.0292. The molecule has 7 nitrogen and oxygen atoms in total. The maximum absolute atomic E-state index is 12.9. The van der Waals surface area contributed by atoms with Crippen LogP contribution >= 0.6 is 11.3 Å². The maximum Gasteiger partial charge on any atom is 0.309 e. The number of nitrogens with zero attached hydrogens (tertiary/aromatic N) is 3. The van der Waals surface area contributed by atoms with E-state index in [0.29, 0.717) is 24.7 Å². The molecule has 0 bridgehead atoms. The van der Waals surface area contributed by atoms with E-state index in [9.17, 15) is 14.0 Å². The van der Waals surface area contributed by atoms with Crippen molar-refractivity contribution in [3.05, 3.63) is 45.7 Å². The van der Waals surface area contributed by atoms with Crippen molar-refractivity contribution in [2.45, 2.75) is 32.9 Å². The Morgan fingerprint density at radius 1 is 1.25 bits per heavy atom. The number of carbonyl (C=O) groups is 2. The highest BCUT2D eigenvalue weighted by Crippen LogP contribution is 2.21. The smallest absolute Gasteiger partial charge is 0.309 e. The Kier molecular flexibility index (Phi) is 7.05. The molecule has 0 unspecified atom stereocenters. The molecule has 1 aliphatic rings. The molecule has 1 fully saturated rings. The van der Waals surface area contributed by atoms with Crippen LogP contribution in [0.1, 0.15) is 40.1 Å². The van der Waals surface area contributed by atoms with Gasteiger partial charge in [0.25, 0.3) is 5.91 Å². The first-order chi connectivity index (χ1) is 13.5. The Morgan fingerprint density at radius 3 is 2.64 bits per heavy atom. The summed E-state index contributed by atoms with van der Waals surface area (Å²) in [5, 5.41) is 11.9. The van der Waals surface area contributed by atoms with Crippen molar-refractivity contribution < 1.29 is 18.7 Å². The van der Waals surface area contributed by atoms with Gasteiger partial charge in [0.15, 0.2) is 0 Å². The highest BCUT2D eigenvalue weighted by Gasteiger charge is 2.26. The fourth-order valence-electron chi connectivity index (χ4n) is 3.05. The van der Waals surface area contributed by atoms with Gasteiger partial charge < -0.3 is 10.1 Å². The van der Waals surface area contributed by atoms with E-state index in [1.807, 2.05) is 6.92 Å². The summed E-state index contributed by atoms with van der Waals surface area (Å²) in [7, 11) is 0. The standard InChI is InChI=1S/C19H23FN4O3S/c1-2-27-19(26)14-7-9-24(10-8-14)12-16-22-23-18(28-16)17(25)21-11-13-3-5-15(20)6-4-13/h3-6,14H,2,7-12H2,1H3,(H,21,25). The number of hydrogen-bond donors (Lipinski definition) is 1. The monoisotopic (exact) mass is 406 g/mol. The van der Waals surface area contributed by atoms with Crippen LogP contribution < -0.4 is 5.32 Å². The van der Waals surface area contributed by atoms with E-state index in [2.05, 4.69) is 20.4 Å². The SMILES string of the molecule is CCOC(=O)C1CCN(Cc2nnc(C(=O)NCc3ccc(F)cc3)s2)CC1. The largest absolute Gasteiger partial charge is 0.466 e. The Hall–Kier alpha value is -2.39. The van der Waals surface area contributed by atoms with Crippen LogP contribution in [0.15, 0.2) is 24.3 Å². The Balaban J connectivity index is 1.45. The van der Waals surface area contributed by atoms with Gasteiger partial charge in [-0.3, -0.25) is 14.5 Å². The van der Waals surface area contributed by atoms with Crippen molar-refractivity contribution in [1.29, 1.82) is 0 Å². The summed E-state index contributed by atoms with van der Waals surface area (Å²) in [6.07, 6.45) is 1.53. The van der Waals surface area contributed by atoms with E-state index < -0.39 is 0 Å². The summed E-state index contributed by atoms with van der Waals surface area (Å²) in [5.41, 5.74) is 0.809. The van der Waals surface area contributed by atoms with Crippen LogP contribution in [0.5, 0.6) is 0 Å². The van der Waals surface area contributed by atoms with Crippen LogP contribution in [0.25, 0.3) is 0 Å². The topological polar surface area (TPSA) is 84.4 Å². The number of aromatic nitrogens is 2. The number of nitrogens with one attached hydrogen (secondary N) is 1. The number of esters is 1. The van der Waals surface area contributed by atoms with Gasteiger partial charge in [-0.1, -0.05) is 23.5 Å². The third-order valence-electron chi connectivity index (χ3n) is 4.59. The van der Waals surface area contributed by atoms with Gasteiger partial charge in [0.1, 0.15) is 10.8 Å². The van der Waals surface area contributed by atoms with Gasteiger partial charge in [-0.15, -0.1) is 10.2 Å². The second-order valence-corrected chi connectivity index (χ2v) is 7.67. The lowest BCUT2D eigenvalue weighted by Gasteiger charge is -2.29. The number of benzene rings is 1. The van der Waals surface area contributed by atoms with Gasteiger partial charge in [-0.05, 0) is 50.6 Å². The zero-order valence-corrected chi connectivity index (χ0v) is 16.5. The molecule has 1 aromatic carbocycles. The molecule has 9 heteroatoms. The molecule has 0 atom stereocenters. The lowest BCUT2D eigenvalue weighted by atomic mass is 9.97. The van der Waals surface area contributed by atoms with Gasteiger partial charge >= 0.3 is 5.97 Å². The van der Waals surface area contributed by atoms with Crippen molar-refractivity contribution in [3.8, 4) is 0 Å². The molecule has 0 spiro atoms. The molecular weight excluding hydrogens is 383 g/mol. The van der Waals surface area contributed by atoms with Crippen molar-refractivity contribution in [1.82, 2.24) is 20.4 Å². The molecule has 0 aliphatic carbocycles. The number of likely N-dealkylation sites (tertiary alicyclic amines) is 1. The molecule has 1 N–H and O–H groups in total. The average molecular weight is 406 g/mol. The molecule has 2 heterocycles. The van der Waals surface area contributed by atoms with E-state index in [4.69, 9.17) is 4.74 Å². The van der Waals surface area contributed by atoms with Crippen LogP contribution in [-0.4, -0.2) is 46.7 Å². The van der Waals surface area contributed by atoms with Gasteiger partial charge in [0.2, 0.25) is 5.01 Å². The lowest BCUT2D eigenvalue weighted by molar-refractivity contribution is -0.149. The summed E-state index contributed by atoms with van der Waals surface area (Å²) in [4.78, 5) is 26.2. The number of piperidine rings is 1. The summed E-state index contributed by atoms with van der Waals surface area (Å²) >= 11 is 1.26. The molecule has 1 amide bonds. The molecular formula is C19H23FN4O3S. The number of carbonyl (C=O) groups excluding carboxylic acids is 2. The van der Waals surface area contributed by atoms with E-state index in [0.717, 1.165) is 36.5 Å². The predicted molar refractivity (Wildman–Crippen MR) is 102 cm³/mol. The minimum Gasteiger partial charge on any atom is -0.466 e. The summed E-state index contributed by atoms with van der Waals surface area (Å²) in [5.74, 6) is -0.749. The third kappa shape index (κ3) is 5.56. The van der Waals surface area contributed by atoms with Gasteiger partial charge in [0.05, 0.1) is 19.1 Å². The number of halogens is 1. The first-order valence-corrected chi connectivity index (χ1v) is 10.1. The number of ether oxygens (including phenoxy) is 1. The van der Waals surface area contributed by atoms with Crippen LogP contribution in [-0.2, 0) is 22.6 Å². The third-order valence-corrected chi connectivity index (χ3v) is 5.50.